The van der Waals surface area contributed by atoms with Crippen LogP contribution in [0.2, 0.25) is 0 Å². The van der Waals surface area contributed by atoms with Crippen LogP contribution >= 0.6 is 8.60 Å². The summed E-state index contributed by atoms with van der Waals surface area (Å²) in [6.45, 7) is 5.28. The second-order valence-corrected chi connectivity index (χ2v) is 5.36. The summed E-state index contributed by atoms with van der Waals surface area (Å²) in [6, 6.07) is 0. The first-order valence-electron chi connectivity index (χ1n) is 6.99. The van der Waals surface area contributed by atoms with Gasteiger partial charge in [0.15, 0.2) is 6.23 Å². The van der Waals surface area contributed by atoms with Gasteiger partial charge >= 0.3 is 14.3 Å². The van der Waals surface area contributed by atoms with Crippen LogP contribution < -0.4 is 11.4 Å². The fourth-order valence-electron chi connectivity index (χ4n) is 2.00. The maximum atomic E-state index is 11.8. The number of aliphatic hydroxyl groups excluding tert-OH is 2. The number of hydrogen-bond acceptors (Lipinski definition) is 9. The molecular weight excluding hydrogens is 329 g/mol. The molecule has 23 heavy (non-hydrogen) atoms. The molecule has 1 aliphatic heterocycles. The zero-order valence-corrected chi connectivity index (χ0v) is 13.9. The molecule has 1 fully saturated rings. The summed E-state index contributed by atoms with van der Waals surface area (Å²) in [5.74, 6) is 0.0652. The predicted octanol–water partition coefficient (Wildman–Crippen LogP) is -0.993. The SMILES string of the molecule is CC.Cc1cn(C2OC(COP(O)O)C(O)C2O)c(=O)nc1N. The molecule has 0 aromatic carbocycles. The number of nitrogens with two attached hydrogens (primary N) is 1. The molecule has 0 bridgehead atoms. The molecule has 4 atom stereocenters. The Bertz CT molecular complexity index is 568. The van der Waals surface area contributed by atoms with Gasteiger partial charge in [-0.15, -0.1) is 0 Å². The summed E-state index contributed by atoms with van der Waals surface area (Å²) in [4.78, 5) is 32.7. The van der Waals surface area contributed by atoms with Crippen molar-refractivity contribution in [1.29, 1.82) is 0 Å². The zero-order valence-electron chi connectivity index (χ0n) is 13.0. The number of aromatic nitrogens is 2. The maximum absolute atomic E-state index is 11.8. The highest BCUT2D eigenvalue weighted by molar-refractivity contribution is 7.39. The molecule has 1 aliphatic rings. The Hall–Kier alpha value is -1.13. The van der Waals surface area contributed by atoms with Gasteiger partial charge in [-0.25, -0.2) is 4.79 Å². The van der Waals surface area contributed by atoms with Gasteiger partial charge < -0.3 is 35.0 Å². The van der Waals surface area contributed by atoms with E-state index in [9.17, 15) is 15.0 Å². The monoisotopic (exact) mass is 351 g/mol. The van der Waals surface area contributed by atoms with Gasteiger partial charge in [0.05, 0.1) is 6.61 Å². The molecule has 0 amide bonds. The largest absolute Gasteiger partial charge is 0.387 e. The molecule has 2 heterocycles. The molecule has 0 aliphatic carbocycles. The van der Waals surface area contributed by atoms with Gasteiger partial charge in [-0.05, 0) is 6.92 Å². The molecule has 1 aromatic heterocycles. The van der Waals surface area contributed by atoms with E-state index in [1.165, 1.54) is 6.20 Å². The number of nitrogen functional groups attached to an aromatic ring is 1. The summed E-state index contributed by atoms with van der Waals surface area (Å²) >= 11 is 0. The molecule has 6 N–H and O–H groups in total. The average molecular weight is 351 g/mol. The van der Waals surface area contributed by atoms with Gasteiger partial charge in [0.1, 0.15) is 24.1 Å². The van der Waals surface area contributed by atoms with Crippen LogP contribution in [0, 0.1) is 6.92 Å². The van der Waals surface area contributed by atoms with Crippen molar-refractivity contribution in [2.24, 2.45) is 0 Å². The highest BCUT2D eigenvalue weighted by atomic mass is 31.2. The standard InChI is InChI=1S/C10H16N3O7P.C2H6/c1-4-2-13(10(16)12-8(4)11)9-7(15)6(14)5(20-9)3-19-21(17)18;1-2/h2,5-7,9,14-15,17-18H,3H2,1H3,(H2,11,12,16);1-2H3. The van der Waals surface area contributed by atoms with Crippen LogP contribution in [-0.2, 0) is 9.26 Å². The van der Waals surface area contributed by atoms with Crippen molar-refractivity contribution in [2.75, 3.05) is 12.3 Å². The predicted molar refractivity (Wildman–Crippen MR) is 82.2 cm³/mol. The Balaban J connectivity index is 0.00000127. The number of aliphatic hydroxyl groups is 2. The third-order valence-corrected chi connectivity index (χ3v) is 3.52. The molecule has 0 saturated carbocycles. The van der Waals surface area contributed by atoms with Crippen LogP contribution in [-0.4, -0.2) is 54.5 Å². The highest BCUT2D eigenvalue weighted by Crippen LogP contribution is 2.32. The maximum Gasteiger partial charge on any atom is 0.351 e. The Morgan fingerprint density at radius 3 is 2.57 bits per heavy atom. The molecule has 4 unspecified atom stereocenters. The van der Waals surface area contributed by atoms with E-state index in [2.05, 4.69) is 9.51 Å². The molecule has 132 valence electrons. The molecule has 0 spiro atoms. The van der Waals surface area contributed by atoms with E-state index >= 15 is 0 Å². The van der Waals surface area contributed by atoms with Gasteiger partial charge in [-0.2, -0.15) is 4.98 Å². The van der Waals surface area contributed by atoms with E-state index in [0.717, 1.165) is 4.57 Å². The van der Waals surface area contributed by atoms with Gasteiger partial charge in [-0.3, -0.25) is 4.57 Å². The minimum atomic E-state index is -2.60. The van der Waals surface area contributed by atoms with E-state index < -0.39 is 38.8 Å². The highest BCUT2D eigenvalue weighted by Gasteiger charge is 2.44. The van der Waals surface area contributed by atoms with E-state index in [-0.39, 0.29) is 12.4 Å². The van der Waals surface area contributed by atoms with Crippen molar-refractivity contribution in [3.63, 3.8) is 0 Å². The summed E-state index contributed by atoms with van der Waals surface area (Å²) in [5, 5.41) is 19.8. The Morgan fingerprint density at radius 2 is 2.00 bits per heavy atom. The summed E-state index contributed by atoms with van der Waals surface area (Å²) in [6.07, 6.45) is -3.57. The van der Waals surface area contributed by atoms with Gasteiger partial charge in [0.2, 0.25) is 0 Å². The Labute approximate surface area is 134 Å². The first-order valence-corrected chi connectivity index (χ1v) is 8.15. The quantitative estimate of drug-likeness (QED) is 0.429. The lowest BCUT2D eigenvalue weighted by atomic mass is 10.1. The van der Waals surface area contributed by atoms with Crippen molar-refractivity contribution in [2.45, 2.75) is 45.3 Å². The minimum Gasteiger partial charge on any atom is -0.387 e. The molecular formula is C12H22N3O7P. The number of hydrogen-bond donors (Lipinski definition) is 5. The lowest BCUT2D eigenvalue weighted by molar-refractivity contribution is -0.0525. The number of ether oxygens (including phenoxy) is 1. The van der Waals surface area contributed by atoms with E-state index in [1.807, 2.05) is 13.8 Å². The van der Waals surface area contributed by atoms with Gasteiger partial charge in [-0.1, -0.05) is 13.8 Å². The summed E-state index contributed by atoms with van der Waals surface area (Å²) in [7, 11) is -2.60. The van der Waals surface area contributed by atoms with Crippen molar-refractivity contribution >= 4 is 14.4 Å². The van der Waals surface area contributed by atoms with Crippen molar-refractivity contribution < 1.29 is 29.3 Å². The second-order valence-electron chi connectivity index (χ2n) is 4.59. The average Bonchev–Trinajstić information content (AvgIpc) is 2.79. The first kappa shape index (κ1) is 19.9. The van der Waals surface area contributed by atoms with E-state index in [0.29, 0.717) is 5.56 Å². The molecule has 1 aromatic rings. The van der Waals surface area contributed by atoms with Crippen LogP contribution in [0.3, 0.4) is 0 Å². The first-order chi connectivity index (χ1) is 10.8. The second kappa shape index (κ2) is 8.65. The van der Waals surface area contributed by atoms with Crippen LogP contribution in [0.5, 0.6) is 0 Å². The Kier molecular flexibility index (Phi) is 7.49. The number of nitrogens with zero attached hydrogens (tertiary/aromatic N) is 2. The summed E-state index contributed by atoms with van der Waals surface area (Å²) in [5.41, 5.74) is 5.28. The van der Waals surface area contributed by atoms with Crippen LogP contribution in [0.25, 0.3) is 0 Å². The third kappa shape index (κ3) is 4.67. The third-order valence-electron chi connectivity index (χ3n) is 3.14. The molecule has 1 saturated heterocycles. The zero-order chi connectivity index (χ0) is 17.7. The van der Waals surface area contributed by atoms with Crippen molar-refractivity contribution in [3.05, 3.63) is 22.2 Å². The van der Waals surface area contributed by atoms with E-state index in [1.54, 1.807) is 6.92 Å². The number of rotatable bonds is 4. The van der Waals surface area contributed by atoms with Crippen LogP contribution in [0.15, 0.2) is 11.0 Å². The topological polar surface area (TPSA) is 160 Å². The number of anilines is 1. The van der Waals surface area contributed by atoms with E-state index in [4.69, 9.17) is 20.3 Å². The smallest absolute Gasteiger partial charge is 0.351 e. The Morgan fingerprint density at radius 1 is 1.39 bits per heavy atom. The van der Waals surface area contributed by atoms with Gasteiger partial charge in [0, 0.05) is 11.8 Å². The molecule has 10 nitrogen and oxygen atoms in total. The molecule has 11 heteroatoms. The van der Waals surface area contributed by atoms with Crippen molar-refractivity contribution in [1.82, 2.24) is 9.55 Å². The normalized spacial score (nSPS) is 27.0. The molecule has 2 rings (SSSR count). The van der Waals surface area contributed by atoms with Crippen LogP contribution in [0.1, 0.15) is 25.6 Å². The lowest BCUT2D eigenvalue weighted by Crippen LogP contribution is -2.36. The minimum absolute atomic E-state index is 0.0652. The molecule has 0 radical (unpaired) electrons. The fraction of sp³-hybridized carbons (Fsp3) is 0.667. The lowest BCUT2D eigenvalue weighted by Gasteiger charge is -2.18. The van der Waals surface area contributed by atoms with Gasteiger partial charge in [0.25, 0.3) is 0 Å². The fourth-order valence-corrected chi connectivity index (χ4v) is 2.28. The summed E-state index contributed by atoms with van der Waals surface area (Å²) < 4.78 is 10.9. The number of aryl methyl sites for hydroxylation is 1. The van der Waals surface area contributed by atoms with Crippen LogP contribution in [0.4, 0.5) is 5.82 Å². The van der Waals surface area contributed by atoms with Crippen molar-refractivity contribution in [3.8, 4) is 0 Å².